The van der Waals surface area contributed by atoms with Crippen LogP contribution in [-0.4, -0.2) is 10.8 Å². The third-order valence-corrected chi connectivity index (χ3v) is 5.71. The van der Waals surface area contributed by atoms with Gasteiger partial charge < -0.3 is 0 Å². The summed E-state index contributed by atoms with van der Waals surface area (Å²) in [6.07, 6.45) is 3.01. The molecule has 1 aromatic heterocycles. The summed E-state index contributed by atoms with van der Waals surface area (Å²) in [5.41, 5.74) is 2.17. The SMILES string of the molecule is CCc1nc([C@H](C#N)C(=O)[C@@H]2[C@H](C=C(C)C)C2(C)C)sc1C. The summed E-state index contributed by atoms with van der Waals surface area (Å²) < 4.78 is 0. The number of nitrogens with zero attached hydrogens (tertiary/aromatic N) is 2. The Hall–Kier alpha value is -1.47. The molecule has 1 aliphatic carbocycles. The van der Waals surface area contributed by atoms with Crippen LogP contribution in [0.1, 0.15) is 56.1 Å². The first kappa shape index (κ1) is 16.9. The van der Waals surface area contributed by atoms with Crippen LogP contribution >= 0.6 is 11.3 Å². The van der Waals surface area contributed by atoms with Gasteiger partial charge in [0.1, 0.15) is 5.01 Å². The largest absolute Gasteiger partial charge is 0.297 e. The zero-order valence-electron chi connectivity index (χ0n) is 14.2. The van der Waals surface area contributed by atoms with Crippen LogP contribution in [0.15, 0.2) is 11.6 Å². The van der Waals surface area contributed by atoms with E-state index in [0.29, 0.717) is 5.01 Å². The number of carbonyl (C=O) groups is 1. The fraction of sp³-hybridized carbons (Fsp3) is 0.611. The van der Waals surface area contributed by atoms with E-state index in [1.54, 1.807) is 0 Å². The van der Waals surface area contributed by atoms with Crippen molar-refractivity contribution < 1.29 is 4.79 Å². The van der Waals surface area contributed by atoms with Gasteiger partial charge in [-0.25, -0.2) is 4.98 Å². The highest BCUT2D eigenvalue weighted by molar-refractivity contribution is 7.11. The Balaban J connectivity index is 2.27. The van der Waals surface area contributed by atoms with E-state index >= 15 is 0 Å². The number of aryl methyl sites for hydroxylation is 2. The van der Waals surface area contributed by atoms with Gasteiger partial charge in [-0.1, -0.05) is 32.4 Å². The zero-order valence-corrected chi connectivity index (χ0v) is 15.0. The molecule has 1 aromatic rings. The zero-order chi connectivity index (χ0) is 16.7. The molecule has 0 aromatic carbocycles. The third kappa shape index (κ3) is 2.87. The number of thiazole rings is 1. The van der Waals surface area contributed by atoms with Crippen molar-refractivity contribution in [2.75, 3.05) is 0 Å². The molecule has 0 unspecified atom stereocenters. The Labute approximate surface area is 137 Å². The average molecular weight is 316 g/mol. The number of rotatable bonds is 5. The van der Waals surface area contributed by atoms with Gasteiger partial charge in [-0.05, 0) is 38.5 Å². The van der Waals surface area contributed by atoms with Crippen LogP contribution in [0.2, 0.25) is 0 Å². The van der Waals surface area contributed by atoms with E-state index in [-0.39, 0.29) is 23.0 Å². The van der Waals surface area contributed by atoms with Crippen molar-refractivity contribution in [3.63, 3.8) is 0 Å². The summed E-state index contributed by atoms with van der Waals surface area (Å²) >= 11 is 1.49. The van der Waals surface area contributed by atoms with Gasteiger partial charge in [-0.2, -0.15) is 5.26 Å². The molecule has 0 aliphatic heterocycles. The average Bonchev–Trinajstić information content (AvgIpc) is 2.77. The van der Waals surface area contributed by atoms with Gasteiger partial charge in [-0.15, -0.1) is 11.3 Å². The lowest BCUT2D eigenvalue weighted by molar-refractivity contribution is -0.121. The Bertz CT molecular complexity index is 659. The van der Waals surface area contributed by atoms with Gasteiger partial charge in [0.05, 0.1) is 11.8 Å². The van der Waals surface area contributed by atoms with E-state index in [2.05, 4.69) is 44.8 Å². The van der Waals surface area contributed by atoms with Crippen LogP contribution < -0.4 is 0 Å². The first-order chi connectivity index (χ1) is 10.2. The molecule has 0 bridgehead atoms. The molecule has 1 saturated carbocycles. The van der Waals surface area contributed by atoms with Crippen molar-refractivity contribution in [3.8, 4) is 6.07 Å². The number of carbonyl (C=O) groups excluding carboxylic acids is 1. The number of Topliss-reactive ketones (excluding diaryl/α,β-unsaturated/α-hetero) is 1. The second-order valence-electron chi connectivity index (χ2n) is 6.94. The number of hydrogen-bond donors (Lipinski definition) is 0. The lowest BCUT2D eigenvalue weighted by atomic mass is 9.98. The topological polar surface area (TPSA) is 53.8 Å². The molecule has 22 heavy (non-hydrogen) atoms. The Morgan fingerprint density at radius 1 is 1.50 bits per heavy atom. The highest BCUT2D eigenvalue weighted by Gasteiger charge is 2.61. The van der Waals surface area contributed by atoms with Gasteiger partial charge in [0, 0.05) is 10.8 Å². The predicted octanol–water partition coefficient (Wildman–Crippen LogP) is 4.43. The number of nitriles is 1. The second kappa shape index (κ2) is 5.96. The van der Waals surface area contributed by atoms with Crippen LogP contribution in [0.3, 0.4) is 0 Å². The first-order valence-electron chi connectivity index (χ1n) is 7.78. The van der Waals surface area contributed by atoms with Gasteiger partial charge in [0.25, 0.3) is 0 Å². The molecule has 1 fully saturated rings. The van der Waals surface area contributed by atoms with Crippen molar-refractivity contribution in [1.29, 1.82) is 5.26 Å². The number of hydrogen-bond acceptors (Lipinski definition) is 4. The van der Waals surface area contributed by atoms with Crippen molar-refractivity contribution in [3.05, 3.63) is 27.2 Å². The Kier molecular flexibility index (Phi) is 4.58. The molecule has 2 rings (SSSR count). The van der Waals surface area contributed by atoms with Crippen molar-refractivity contribution in [2.24, 2.45) is 17.3 Å². The molecular weight excluding hydrogens is 292 g/mol. The highest BCUT2D eigenvalue weighted by atomic mass is 32.1. The maximum Gasteiger partial charge on any atom is 0.161 e. The monoisotopic (exact) mass is 316 g/mol. The molecule has 0 saturated heterocycles. The summed E-state index contributed by atoms with van der Waals surface area (Å²) in [4.78, 5) is 18.5. The lowest BCUT2D eigenvalue weighted by Gasteiger charge is -2.06. The summed E-state index contributed by atoms with van der Waals surface area (Å²) in [7, 11) is 0. The van der Waals surface area contributed by atoms with Crippen LogP contribution in [0, 0.1) is 35.5 Å². The molecule has 3 atom stereocenters. The van der Waals surface area contributed by atoms with Crippen molar-refractivity contribution in [1.82, 2.24) is 4.98 Å². The molecule has 0 N–H and O–H groups in total. The van der Waals surface area contributed by atoms with Gasteiger partial charge in [0.2, 0.25) is 0 Å². The lowest BCUT2D eigenvalue weighted by Crippen LogP contribution is -2.15. The van der Waals surface area contributed by atoms with E-state index in [0.717, 1.165) is 17.0 Å². The van der Waals surface area contributed by atoms with Crippen molar-refractivity contribution >= 4 is 17.1 Å². The molecule has 3 nitrogen and oxygen atoms in total. The summed E-state index contributed by atoms with van der Waals surface area (Å²) in [6, 6.07) is 2.19. The first-order valence-corrected chi connectivity index (χ1v) is 8.60. The van der Waals surface area contributed by atoms with E-state index in [4.69, 9.17) is 0 Å². The molecule has 118 valence electrons. The molecule has 0 radical (unpaired) electrons. The smallest absolute Gasteiger partial charge is 0.161 e. The predicted molar refractivity (Wildman–Crippen MR) is 89.8 cm³/mol. The third-order valence-electron chi connectivity index (χ3n) is 4.63. The fourth-order valence-electron chi connectivity index (χ4n) is 3.21. The van der Waals surface area contributed by atoms with Gasteiger partial charge >= 0.3 is 0 Å². The van der Waals surface area contributed by atoms with Crippen LogP contribution in [0.4, 0.5) is 0 Å². The molecule has 1 heterocycles. The fourth-order valence-corrected chi connectivity index (χ4v) is 4.28. The molecule has 1 aliphatic rings. The number of aromatic nitrogens is 1. The van der Waals surface area contributed by atoms with E-state index < -0.39 is 5.92 Å². The minimum atomic E-state index is -0.719. The Morgan fingerprint density at radius 2 is 2.14 bits per heavy atom. The number of ketones is 1. The maximum absolute atomic E-state index is 12.9. The van der Waals surface area contributed by atoms with E-state index in [1.165, 1.54) is 16.9 Å². The highest BCUT2D eigenvalue weighted by Crippen LogP contribution is 2.61. The minimum Gasteiger partial charge on any atom is -0.297 e. The van der Waals surface area contributed by atoms with Gasteiger partial charge in [0.15, 0.2) is 11.7 Å². The van der Waals surface area contributed by atoms with E-state index in [1.807, 2.05) is 13.8 Å². The van der Waals surface area contributed by atoms with Crippen LogP contribution in [0.25, 0.3) is 0 Å². The summed E-state index contributed by atoms with van der Waals surface area (Å²) in [6.45, 7) is 12.4. The summed E-state index contributed by atoms with van der Waals surface area (Å²) in [5.74, 6) is -0.510. The second-order valence-corrected chi connectivity index (χ2v) is 8.18. The Morgan fingerprint density at radius 3 is 2.59 bits per heavy atom. The maximum atomic E-state index is 12.9. The van der Waals surface area contributed by atoms with Gasteiger partial charge in [-0.3, -0.25) is 4.79 Å². The quantitative estimate of drug-likeness (QED) is 0.755. The summed E-state index contributed by atoms with van der Waals surface area (Å²) in [5, 5.41) is 10.2. The molecule has 0 amide bonds. The molecule has 0 spiro atoms. The molecule has 4 heteroatoms. The van der Waals surface area contributed by atoms with Crippen LogP contribution in [-0.2, 0) is 11.2 Å². The standard InChI is InChI=1S/C18H24N2OS/c1-7-14-11(4)22-17(20-14)12(9-19)16(21)15-13(8-10(2)3)18(15,5)6/h8,12-13,15H,7H2,1-6H3/t12-,13+,15+/m1/s1. The number of allylic oxidation sites excluding steroid dienone is 2. The van der Waals surface area contributed by atoms with Crippen molar-refractivity contribution in [2.45, 2.75) is 53.9 Å². The minimum absolute atomic E-state index is 0.0337. The van der Waals surface area contributed by atoms with E-state index in [9.17, 15) is 10.1 Å². The van der Waals surface area contributed by atoms with Crippen LogP contribution in [0.5, 0.6) is 0 Å². The molecular formula is C18H24N2OS. The normalized spacial score (nSPS) is 23.5.